The van der Waals surface area contributed by atoms with E-state index >= 15 is 0 Å². The number of benzene rings is 1. The molecule has 2 rings (SSSR count). The summed E-state index contributed by atoms with van der Waals surface area (Å²) in [4.78, 5) is 26.5. The van der Waals surface area contributed by atoms with Crippen LogP contribution in [-0.4, -0.2) is 43.1 Å². The molecule has 138 valence electrons. The molecule has 1 aromatic carbocycles. The van der Waals surface area contributed by atoms with E-state index in [1.165, 1.54) is 23.3 Å². The van der Waals surface area contributed by atoms with Crippen LogP contribution in [0.4, 0.5) is 10.7 Å². The molecule has 0 bridgehead atoms. The Balaban J connectivity index is 2.34. The van der Waals surface area contributed by atoms with Crippen molar-refractivity contribution in [2.24, 2.45) is 0 Å². The topological polar surface area (TPSA) is 70.7 Å². The van der Waals surface area contributed by atoms with Gasteiger partial charge in [-0.05, 0) is 59.4 Å². The molecular formula is C17H18IN3O3S2. The highest BCUT2D eigenvalue weighted by atomic mass is 127. The number of nitrogens with zero attached hydrogens (tertiary/aromatic N) is 1. The number of anilines is 2. The SMILES string of the molecule is COC(=O)c1c(NC(=S)Nc2ccccc2I)sc(C(=O)N(C)C)c1C. The molecule has 0 aliphatic rings. The van der Waals surface area contributed by atoms with E-state index in [-0.39, 0.29) is 5.91 Å². The Labute approximate surface area is 175 Å². The fraction of sp³-hybridized carbons (Fsp3) is 0.235. The van der Waals surface area contributed by atoms with Crippen molar-refractivity contribution in [1.29, 1.82) is 0 Å². The number of para-hydroxylation sites is 1. The van der Waals surface area contributed by atoms with Gasteiger partial charge in [0.2, 0.25) is 0 Å². The van der Waals surface area contributed by atoms with E-state index in [4.69, 9.17) is 17.0 Å². The summed E-state index contributed by atoms with van der Waals surface area (Å²) in [5.41, 5.74) is 1.73. The summed E-state index contributed by atoms with van der Waals surface area (Å²) in [5, 5.41) is 6.91. The molecule has 0 saturated carbocycles. The van der Waals surface area contributed by atoms with E-state index in [1.807, 2.05) is 24.3 Å². The molecule has 0 radical (unpaired) electrons. The molecular weight excluding hydrogens is 485 g/mol. The van der Waals surface area contributed by atoms with Crippen LogP contribution in [0.2, 0.25) is 0 Å². The van der Waals surface area contributed by atoms with Crippen LogP contribution >= 0.6 is 46.1 Å². The second kappa shape index (κ2) is 8.78. The highest BCUT2D eigenvalue weighted by Gasteiger charge is 2.26. The first kappa shape index (κ1) is 20.6. The van der Waals surface area contributed by atoms with Crippen molar-refractivity contribution in [1.82, 2.24) is 4.90 Å². The Bertz CT molecular complexity index is 865. The molecule has 0 spiro atoms. The van der Waals surface area contributed by atoms with Crippen LogP contribution in [0.3, 0.4) is 0 Å². The number of methoxy groups -OCH3 is 1. The maximum atomic E-state index is 12.4. The van der Waals surface area contributed by atoms with E-state index < -0.39 is 5.97 Å². The van der Waals surface area contributed by atoms with E-state index in [0.717, 1.165) is 9.26 Å². The number of amides is 1. The van der Waals surface area contributed by atoms with Gasteiger partial charge in [0, 0.05) is 17.7 Å². The third-order valence-electron chi connectivity index (χ3n) is 3.49. The summed E-state index contributed by atoms with van der Waals surface area (Å²) in [6.45, 7) is 1.72. The first-order valence-corrected chi connectivity index (χ1v) is 9.82. The number of rotatable bonds is 4. The molecule has 26 heavy (non-hydrogen) atoms. The zero-order valence-corrected chi connectivity index (χ0v) is 18.5. The smallest absolute Gasteiger partial charge is 0.341 e. The Hall–Kier alpha value is -1.72. The van der Waals surface area contributed by atoms with Gasteiger partial charge in [-0.25, -0.2) is 4.79 Å². The van der Waals surface area contributed by atoms with E-state index in [1.54, 1.807) is 21.0 Å². The first-order valence-electron chi connectivity index (χ1n) is 7.52. The largest absolute Gasteiger partial charge is 0.465 e. The normalized spacial score (nSPS) is 10.2. The van der Waals surface area contributed by atoms with Gasteiger partial charge in [-0.3, -0.25) is 4.79 Å². The van der Waals surface area contributed by atoms with Gasteiger partial charge in [-0.15, -0.1) is 11.3 Å². The van der Waals surface area contributed by atoms with Crippen LogP contribution in [0.25, 0.3) is 0 Å². The molecule has 2 aromatic rings. The van der Waals surface area contributed by atoms with Crippen molar-refractivity contribution in [3.05, 3.63) is 43.8 Å². The molecule has 9 heteroatoms. The van der Waals surface area contributed by atoms with Gasteiger partial charge in [0.1, 0.15) is 5.00 Å². The Morgan fingerprint density at radius 2 is 1.88 bits per heavy atom. The number of halogens is 1. The summed E-state index contributed by atoms with van der Waals surface area (Å²) >= 11 is 8.74. The number of ether oxygens (including phenoxy) is 1. The van der Waals surface area contributed by atoms with E-state index in [9.17, 15) is 9.59 Å². The van der Waals surface area contributed by atoms with E-state index in [0.29, 0.717) is 26.1 Å². The fourth-order valence-corrected chi connectivity index (χ4v) is 4.20. The lowest BCUT2D eigenvalue weighted by Gasteiger charge is -2.11. The highest BCUT2D eigenvalue weighted by molar-refractivity contribution is 14.1. The van der Waals surface area contributed by atoms with Crippen LogP contribution in [0.1, 0.15) is 25.6 Å². The third-order valence-corrected chi connectivity index (χ3v) is 5.83. The summed E-state index contributed by atoms with van der Waals surface area (Å²) < 4.78 is 5.88. The van der Waals surface area contributed by atoms with Crippen molar-refractivity contribution in [3.8, 4) is 0 Å². The van der Waals surface area contributed by atoms with Gasteiger partial charge in [0.25, 0.3) is 5.91 Å². The monoisotopic (exact) mass is 503 g/mol. The standard InChI is InChI=1S/C17H18IN3O3S2/c1-9-12(16(23)24-4)14(26-13(9)15(22)21(2)3)20-17(25)19-11-8-6-5-7-10(11)18/h5-8H,1-4H3,(H2,19,20,25). The minimum absolute atomic E-state index is 0.179. The van der Waals surface area contributed by atoms with Gasteiger partial charge in [-0.2, -0.15) is 0 Å². The zero-order chi connectivity index (χ0) is 19.4. The second-order valence-corrected chi connectivity index (χ2v) is 8.10. The molecule has 1 heterocycles. The van der Waals surface area contributed by atoms with Crippen LogP contribution in [0.5, 0.6) is 0 Å². The summed E-state index contributed by atoms with van der Waals surface area (Å²) in [6.07, 6.45) is 0. The number of carbonyl (C=O) groups excluding carboxylic acids is 2. The first-order chi connectivity index (χ1) is 12.3. The Morgan fingerprint density at radius 3 is 2.46 bits per heavy atom. The third kappa shape index (κ3) is 4.51. The molecule has 0 aliphatic heterocycles. The average Bonchev–Trinajstić information content (AvgIpc) is 2.91. The lowest BCUT2D eigenvalue weighted by atomic mass is 10.1. The van der Waals surface area contributed by atoms with Gasteiger partial charge >= 0.3 is 5.97 Å². The number of hydrogen-bond donors (Lipinski definition) is 2. The minimum Gasteiger partial charge on any atom is -0.465 e. The number of thiophene rings is 1. The van der Waals surface area contributed by atoms with Gasteiger partial charge < -0.3 is 20.3 Å². The maximum Gasteiger partial charge on any atom is 0.341 e. The number of carbonyl (C=O) groups is 2. The van der Waals surface area contributed by atoms with Gasteiger partial charge in [0.05, 0.1) is 23.2 Å². The number of esters is 1. The summed E-state index contributed by atoms with van der Waals surface area (Å²) in [5.74, 6) is -0.696. The number of hydrogen-bond acceptors (Lipinski definition) is 5. The molecule has 0 fully saturated rings. The lowest BCUT2D eigenvalue weighted by Crippen LogP contribution is -2.21. The van der Waals surface area contributed by atoms with Gasteiger partial charge in [0.15, 0.2) is 5.11 Å². The van der Waals surface area contributed by atoms with Crippen LogP contribution in [-0.2, 0) is 4.74 Å². The molecule has 6 nitrogen and oxygen atoms in total. The Morgan fingerprint density at radius 1 is 1.23 bits per heavy atom. The van der Waals surface area contributed by atoms with Crippen molar-refractivity contribution >= 4 is 73.8 Å². The summed E-state index contributed by atoms with van der Waals surface area (Å²) in [7, 11) is 4.63. The minimum atomic E-state index is -0.517. The van der Waals surface area contributed by atoms with Crippen molar-refractivity contribution in [3.63, 3.8) is 0 Å². The molecule has 1 aromatic heterocycles. The van der Waals surface area contributed by atoms with Crippen molar-refractivity contribution in [2.45, 2.75) is 6.92 Å². The quantitative estimate of drug-likeness (QED) is 0.374. The fourth-order valence-electron chi connectivity index (χ4n) is 2.18. The Kier molecular flexibility index (Phi) is 6.95. The second-order valence-electron chi connectivity index (χ2n) is 5.51. The van der Waals surface area contributed by atoms with Gasteiger partial charge in [-0.1, -0.05) is 12.1 Å². The lowest BCUT2D eigenvalue weighted by molar-refractivity contribution is 0.0601. The predicted molar refractivity (Wildman–Crippen MR) is 117 cm³/mol. The number of nitrogens with one attached hydrogen (secondary N) is 2. The predicted octanol–water partition coefficient (Wildman–Crippen LogP) is 3.96. The average molecular weight is 503 g/mol. The van der Waals surface area contributed by atoms with Crippen LogP contribution in [0.15, 0.2) is 24.3 Å². The molecule has 2 N–H and O–H groups in total. The molecule has 0 saturated heterocycles. The molecule has 0 aliphatic carbocycles. The van der Waals surface area contributed by atoms with Crippen LogP contribution in [0, 0.1) is 10.5 Å². The molecule has 0 unspecified atom stereocenters. The highest BCUT2D eigenvalue weighted by Crippen LogP contribution is 2.34. The summed E-state index contributed by atoms with van der Waals surface area (Å²) in [6, 6.07) is 7.68. The van der Waals surface area contributed by atoms with Crippen molar-refractivity contribution < 1.29 is 14.3 Å². The van der Waals surface area contributed by atoms with E-state index in [2.05, 4.69) is 33.2 Å². The van der Waals surface area contributed by atoms with Crippen LogP contribution < -0.4 is 10.6 Å². The zero-order valence-electron chi connectivity index (χ0n) is 14.7. The van der Waals surface area contributed by atoms with Crippen molar-refractivity contribution in [2.75, 3.05) is 31.8 Å². The molecule has 1 amide bonds. The maximum absolute atomic E-state index is 12.4. The number of thiocarbonyl (C=S) groups is 1. The molecule has 0 atom stereocenters.